The summed E-state index contributed by atoms with van der Waals surface area (Å²) in [5.74, 6) is -3.82. The van der Waals surface area contributed by atoms with Crippen molar-refractivity contribution in [2.24, 2.45) is 0 Å². The Labute approximate surface area is 381 Å². The van der Waals surface area contributed by atoms with E-state index in [9.17, 15) is 42.0 Å². The summed E-state index contributed by atoms with van der Waals surface area (Å²) < 4.78 is 47.9. The monoisotopic (exact) mass is 922 g/mol. The minimum atomic E-state index is -3.71. The van der Waals surface area contributed by atoms with Crippen molar-refractivity contribution in [3.8, 4) is 11.5 Å². The Morgan fingerprint density at radius 1 is 0.803 bits per heavy atom. The summed E-state index contributed by atoms with van der Waals surface area (Å²) in [6.45, 7) is 3.21. The molecule has 3 heterocycles. The fourth-order valence-corrected chi connectivity index (χ4v) is 9.18. The van der Waals surface area contributed by atoms with Crippen LogP contribution in [-0.4, -0.2) is 105 Å². The van der Waals surface area contributed by atoms with Crippen molar-refractivity contribution in [1.82, 2.24) is 15.1 Å². The second-order valence-corrected chi connectivity index (χ2v) is 18.3. The number of carbonyl (C=O) groups excluding carboxylic acids is 7. The molecule has 17 nitrogen and oxygen atoms in total. The van der Waals surface area contributed by atoms with Gasteiger partial charge in [0.25, 0.3) is 23.6 Å². The predicted molar refractivity (Wildman–Crippen MR) is 239 cm³/mol. The molecule has 0 aliphatic carbocycles. The number of imide groups is 3. The average Bonchev–Trinajstić information content (AvgIpc) is 3.70. The van der Waals surface area contributed by atoms with E-state index in [-0.39, 0.29) is 54.9 Å². The maximum absolute atomic E-state index is 14.0. The maximum Gasteiger partial charge on any atom is 0.264 e. The number of sulfone groups is 1. The van der Waals surface area contributed by atoms with Crippen LogP contribution in [0.4, 0.5) is 5.69 Å². The SMILES string of the molecule is CCOc1cc([C@@H](CS(C)(=O)=O)N2C(=O)c3cccc(NC(=O)CCOCc4ccc(COCCCCc5cccc6c5C(=O)N(C5CCC(=O)NC5=O)C6=O)cc4)c3C2=O)ccc1OC. The van der Waals surface area contributed by atoms with Crippen LogP contribution in [0.15, 0.2) is 78.9 Å². The molecule has 1 saturated heterocycles. The first-order chi connectivity index (χ1) is 31.7. The van der Waals surface area contributed by atoms with Gasteiger partial charge in [0.15, 0.2) is 11.5 Å². The number of hydrogen-bond acceptors (Lipinski definition) is 13. The molecular formula is C48H50N4O13S. The van der Waals surface area contributed by atoms with Gasteiger partial charge in [0.2, 0.25) is 17.7 Å². The highest BCUT2D eigenvalue weighted by atomic mass is 32.2. The second-order valence-electron chi connectivity index (χ2n) is 16.1. The lowest BCUT2D eigenvalue weighted by atomic mass is 9.98. The number of amides is 7. The number of fused-ring (bicyclic) bond motifs is 2. The van der Waals surface area contributed by atoms with Crippen LogP contribution in [0.2, 0.25) is 0 Å². The molecule has 2 atom stereocenters. The van der Waals surface area contributed by atoms with E-state index >= 15 is 0 Å². The van der Waals surface area contributed by atoms with Gasteiger partial charge in [-0.3, -0.25) is 48.7 Å². The highest BCUT2D eigenvalue weighted by molar-refractivity contribution is 7.90. The van der Waals surface area contributed by atoms with E-state index in [4.69, 9.17) is 18.9 Å². The fraction of sp³-hybridized carbons (Fsp3) is 0.354. The van der Waals surface area contributed by atoms with E-state index in [1.807, 2.05) is 30.3 Å². The first kappa shape index (κ1) is 47.2. The molecule has 346 valence electrons. The van der Waals surface area contributed by atoms with Crippen molar-refractivity contribution in [2.75, 3.05) is 44.3 Å². The first-order valence-corrected chi connectivity index (χ1v) is 23.6. The lowest BCUT2D eigenvalue weighted by Crippen LogP contribution is -2.54. The quantitative estimate of drug-likeness (QED) is 0.0835. The van der Waals surface area contributed by atoms with E-state index in [2.05, 4.69) is 10.6 Å². The van der Waals surface area contributed by atoms with Gasteiger partial charge in [-0.25, -0.2) is 8.42 Å². The van der Waals surface area contributed by atoms with E-state index < -0.39 is 69.0 Å². The molecule has 0 bridgehead atoms. The molecule has 3 aliphatic rings. The summed E-state index contributed by atoms with van der Waals surface area (Å²) in [5.41, 5.74) is 3.58. The van der Waals surface area contributed by atoms with Gasteiger partial charge in [-0.2, -0.15) is 0 Å². The highest BCUT2D eigenvalue weighted by Crippen LogP contribution is 2.39. The summed E-state index contributed by atoms with van der Waals surface area (Å²) >= 11 is 0. The zero-order valence-electron chi connectivity index (χ0n) is 36.8. The van der Waals surface area contributed by atoms with Crippen LogP contribution in [0.5, 0.6) is 11.5 Å². The molecule has 0 radical (unpaired) electrons. The zero-order chi connectivity index (χ0) is 47.1. The van der Waals surface area contributed by atoms with Crippen LogP contribution < -0.4 is 20.1 Å². The number of ether oxygens (including phenoxy) is 4. The van der Waals surface area contributed by atoms with Crippen LogP contribution in [0, 0.1) is 0 Å². The smallest absolute Gasteiger partial charge is 0.264 e. The summed E-state index contributed by atoms with van der Waals surface area (Å²) in [7, 11) is -2.25. The number of hydrogen-bond donors (Lipinski definition) is 2. The van der Waals surface area contributed by atoms with E-state index in [0.29, 0.717) is 61.7 Å². The molecule has 66 heavy (non-hydrogen) atoms. The standard InChI is InChI=1S/C48H50N4O13S/c1-4-65-39-25-32(18-20-38(39)62-2)37(28-66(3,60)61)52-46(57)34-12-8-13-35(43(34)48(52)59)49-41(54)22-24-64-27-30-16-14-29(15-17-30)26-63-23-6-5-9-31-10-7-11-33-42(31)47(58)51(45(33)56)36-19-21-40(53)50-44(36)55/h7-8,10-18,20,25,36-37H,4-6,9,19,21-24,26-28H2,1-3H3,(H,49,54)(H,50,53,55)/t36?,37-/m1/s1. The van der Waals surface area contributed by atoms with Gasteiger partial charge in [-0.15, -0.1) is 0 Å². The van der Waals surface area contributed by atoms with Crippen molar-refractivity contribution >= 4 is 56.9 Å². The molecule has 0 aromatic heterocycles. The summed E-state index contributed by atoms with van der Waals surface area (Å²) in [5, 5.41) is 4.93. The predicted octanol–water partition coefficient (Wildman–Crippen LogP) is 4.96. The fourth-order valence-electron chi connectivity index (χ4n) is 8.27. The van der Waals surface area contributed by atoms with Crippen LogP contribution in [-0.2, 0) is 53.3 Å². The molecule has 4 aromatic carbocycles. The van der Waals surface area contributed by atoms with Crippen molar-refractivity contribution < 1.29 is 60.9 Å². The highest BCUT2D eigenvalue weighted by Gasteiger charge is 2.46. The van der Waals surface area contributed by atoms with Crippen LogP contribution in [0.25, 0.3) is 0 Å². The van der Waals surface area contributed by atoms with Gasteiger partial charge < -0.3 is 24.3 Å². The number of rotatable bonds is 21. The third kappa shape index (κ3) is 10.5. The number of piperidine rings is 1. The number of methoxy groups -OCH3 is 1. The number of anilines is 1. The second kappa shape index (κ2) is 20.6. The lowest BCUT2D eigenvalue weighted by molar-refractivity contribution is -0.136. The Morgan fingerprint density at radius 2 is 1.48 bits per heavy atom. The average molecular weight is 923 g/mol. The molecule has 7 amide bonds. The molecule has 0 saturated carbocycles. The van der Waals surface area contributed by atoms with Gasteiger partial charge in [-0.05, 0) is 85.2 Å². The Bertz CT molecular complexity index is 2680. The number of unbranched alkanes of at least 4 members (excludes halogenated alkanes) is 1. The number of nitrogens with zero attached hydrogens (tertiary/aromatic N) is 2. The molecule has 3 aliphatic heterocycles. The normalized spacial score (nSPS) is 16.3. The van der Waals surface area contributed by atoms with E-state index in [0.717, 1.165) is 32.7 Å². The van der Waals surface area contributed by atoms with Crippen LogP contribution in [0.1, 0.15) is 109 Å². The molecular weight excluding hydrogens is 873 g/mol. The summed E-state index contributed by atoms with van der Waals surface area (Å²) in [6.07, 6.45) is 3.07. The van der Waals surface area contributed by atoms with Crippen molar-refractivity contribution in [1.29, 1.82) is 0 Å². The first-order valence-electron chi connectivity index (χ1n) is 21.5. The maximum atomic E-state index is 14.0. The van der Waals surface area contributed by atoms with Gasteiger partial charge in [-0.1, -0.05) is 48.5 Å². The molecule has 18 heteroatoms. The Hall–Kier alpha value is -6.76. The zero-order valence-corrected chi connectivity index (χ0v) is 37.6. The van der Waals surface area contributed by atoms with Crippen LogP contribution >= 0.6 is 0 Å². The van der Waals surface area contributed by atoms with E-state index in [1.165, 1.54) is 25.3 Å². The lowest BCUT2D eigenvalue weighted by Gasteiger charge is -2.27. The molecule has 1 fully saturated rings. The van der Waals surface area contributed by atoms with E-state index in [1.54, 1.807) is 37.3 Å². The Balaban J connectivity index is 0.848. The Kier molecular flexibility index (Phi) is 14.7. The summed E-state index contributed by atoms with van der Waals surface area (Å²) in [4.78, 5) is 93.2. The third-order valence-electron chi connectivity index (χ3n) is 11.4. The van der Waals surface area contributed by atoms with Gasteiger partial charge in [0, 0.05) is 19.3 Å². The number of carbonyl (C=O) groups is 7. The van der Waals surface area contributed by atoms with Gasteiger partial charge in [0.1, 0.15) is 15.9 Å². The van der Waals surface area contributed by atoms with Crippen molar-refractivity contribution in [2.45, 2.75) is 70.7 Å². The molecule has 4 aromatic rings. The minimum Gasteiger partial charge on any atom is -0.493 e. The van der Waals surface area contributed by atoms with Crippen molar-refractivity contribution in [3.63, 3.8) is 0 Å². The summed E-state index contributed by atoms with van der Waals surface area (Å²) in [6, 6.07) is 19.8. The number of benzene rings is 4. The number of aryl methyl sites for hydroxylation is 1. The topological polar surface area (TPSA) is 221 Å². The molecule has 1 unspecified atom stereocenters. The van der Waals surface area contributed by atoms with Crippen molar-refractivity contribution in [3.05, 3.63) is 123 Å². The van der Waals surface area contributed by atoms with Gasteiger partial charge >= 0.3 is 0 Å². The number of nitrogens with one attached hydrogen (secondary N) is 2. The largest absolute Gasteiger partial charge is 0.493 e. The molecule has 0 spiro atoms. The Morgan fingerprint density at radius 3 is 2.15 bits per heavy atom. The minimum absolute atomic E-state index is 0.0342. The molecule has 7 rings (SSSR count). The van der Waals surface area contributed by atoms with Crippen LogP contribution in [0.3, 0.4) is 0 Å². The molecule has 2 N–H and O–H groups in total. The van der Waals surface area contributed by atoms with Gasteiger partial charge in [0.05, 0.1) is 79.7 Å². The third-order valence-corrected chi connectivity index (χ3v) is 12.4.